The SMILES string of the molecule is N#COCCCCCCN(C(=O)NCCCCCCN=C=O)C(=O)OCCCCOC(=O)N(CCCCCCN(C(=O)NCCCCCCN=C=O)C(=O)OCCCCOC(=O)N(CCCCCCN(C(=O)NCCCCCCN=C=O)C(=O)OCCCCOC(=O)N(CCCCCCN=C=O)C(=O)NCCCCCCN=C=O)C(=O)NCCCCCCN=C=O)C(=O)NCCCCCCN=C=O. The number of nitrogens with zero attached hydrogens (tertiary/aromatic N) is 14. The van der Waals surface area contributed by atoms with Crippen LogP contribution in [0.5, 0.6) is 0 Å². The average molecular weight is 1950 g/mol. The summed E-state index contributed by atoms with van der Waals surface area (Å²) in [5.74, 6) is 0. The van der Waals surface area contributed by atoms with Crippen LogP contribution in [0.2, 0.25) is 0 Å². The Morgan fingerprint density at radius 1 is 0.188 bits per heavy atom. The van der Waals surface area contributed by atoms with E-state index in [1.165, 1.54) is 42.6 Å². The van der Waals surface area contributed by atoms with Gasteiger partial charge in [0.2, 0.25) is 42.6 Å². The average Bonchev–Trinajstić information content (AvgIpc) is 0.923. The molecule has 0 atom stereocenters. The lowest BCUT2D eigenvalue weighted by molar-refractivity contribution is 0.0938. The van der Waals surface area contributed by atoms with E-state index in [0.29, 0.717) is 245 Å². The molecule has 46 nitrogen and oxygen atoms in total. The molecule has 0 aromatic carbocycles. The molecular formula is C92H150N20O26. The normalized spacial score (nSPS) is 10.3. The number of unbranched alkanes of at least 4 members (excludes halogenated alkanes) is 33. The van der Waals surface area contributed by atoms with Gasteiger partial charge in [0.05, 0.1) is 85.5 Å². The van der Waals surface area contributed by atoms with Crippen LogP contribution in [-0.4, -0.2) is 315 Å². The van der Waals surface area contributed by atoms with Crippen molar-refractivity contribution in [1.82, 2.24) is 61.3 Å². The Labute approximate surface area is 809 Å². The molecule has 0 aromatic heterocycles. The van der Waals surface area contributed by atoms with Crippen molar-refractivity contribution in [1.29, 1.82) is 5.26 Å². The van der Waals surface area contributed by atoms with Crippen molar-refractivity contribution in [2.24, 2.45) is 34.9 Å². The van der Waals surface area contributed by atoms with Crippen LogP contribution in [-0.2, 0) is 66.7 Å². The molecule has 0 aliphatic rings. The molecule has 0 spiro atoms. The van der Waals surface area contributed by atoms with Gasteiger partial charge in [-0.25, -0.2) is 155 Å². The van der Waals surface area contributed by atoms with Crippen LogP contribution in [0.25, 0.3) is 0 Å². The summed E-state index contributed by atoms with van der Waals surface area (Å²) >= 11 is 0. The molecule has 0 radical (unpaired) electrons. The highest BCUT2D eigenvalue weighted by Crippen LogP contribution is 2.16. The minimum atomic E-state index is -0.963. The number of nitrogens with one attached hydrogen (secondary N) is 6. The number of hydrogen-bond acceptors (Lipinski definition) is 34. The van der Waals surface area contributed by atoms with Gasteiger partial charge in [-0.3, -0.25) is 0 Å². The van der Waals surface area contributed by atoms with E-state index in [-0.39, 0.29) is 182 Å². The third-order valence-corrected chi connectivity index (χ3v) is 20.9. The van der Waals surface area contributed by atoms with Crippen molar-refractivity contribution in [2.45, 2.75) is 295 Å². The third kappa shape index (κ3) is 73.7. The maximum Gasteiger partial charge on any atom is 0.417 e. The topological polar surface area (TPSA) is 591 Å². The Hall–Kier alpha value is -12.6. The first-order valence-electron chi connectivity index (χ1n) is 49.0. The van der Waals surface area contributed by atoms with Crippen molar-refractivity contribution in [3.8, 4) is 6.26 Å². The standard InChI is InChI=1S/C92H150N20O26/c93-73-132-66-40-20-19-39-65-112(86(125)106-59-33-12-6-26-52-99-79-118)92(131)138-72-46-45-71-137-91(130)111(85(124)105-58-32-11-5-25-51-98-78-117)64-38-18-17-37-63-110(84(123)104-57-31-10-4-24-50-97-77-116)90(129)136-70-44-43-69-135-89(128)109(83(122)103-56-30-9-3-23-49-96-76-115)62-36-16-15-35-61-108(82(121)102-55-29-8-2-22-48-95-75-114)88(127)134-68-42-41-67-133-87(126)107(60-34-14-13-27-53-100-80-119)81(120)101-54-28-7-1-21-47-94-74-113/h1-72H2,(H,101,120)(H,102,121)(H,103,122)(H,104,123)(H,105,124)(H,106,125). The zero-order valence-corrected chi connectivity index (χ0v) is 80.8. The van der Waals surface area contributed by atoms with Crippen LogP contribution in [0, 0.1) is 11.5 Å². The van der Waals surface area contributed by atoms with Crippen molar-refractivity contribution >= 4 is 115 Å². The van der Waals surface area contributed by atoms with Crippen LogP contribution >= 0.6 is 0 Å². The number of carbonyl (C=O) groups excluding carboxylic acids is 19. The zero-order chi connectivity index (χ0) is 101. The molecule has 0 saturated carbocycles. The molecule has 138 heavy (non-hydrogen) atoms. The number of carbonyl (C=O) groups is 12. The van der Waals surface area contributed by atoms with Gasteiger partial charge in [-0.2, -0.15) is 5.26 Å². The monoisotopic (exact) mass is 1950 g/mol. The molecule has 0 bridgehead atoms. The summed E-state index contributed by atoms with van der Waals surface area (Å²) in [4.78, 5) is 266. The zero-order valence-electron chi connectivity index (χ0n) is 80.8. The highest BCUT2D eigenvalue weighted by molar-refractivity contribution is 5.94. The van der Waals surface area contributed by atoms with E-state index in [1.54, 1.807) is 6.26 Å². The number of isocyanates is 7. The summed E-state index contributed by atoms with van der Waals surface area (Å²) in [6.07, 6.45) is 31.5. The largest absolute Gasteiger partial charge is 0.449 e. The van der Waals surface area contributed by atoms with Crippen molar-refractivity contribution in [3.63, 3.8) is 0 Å². The summed E-state index contributed by atoms with van der Waals surface area (Å²) in [5.41, 5.74) is 0. The molecule has 0 saturated heterocycles. The highest BCUT2D eigenvalue weighted by atomic mass is 16.6. The Morgan fingerprint density at radius 2 is 0.326 bits per heavy atom. The number of rotatable bonds is 85. The fraction of sp³-hybridized carbons (Fsp3) is 0.783. The fourth-order valence-electron chi connectivity index (χ4n) is 13.2. The lowest BCUT2D eigenvalue weighted by Crippen LogP contribution is -2.45. The Kier molecular flexibility index (Phi) is 86.1. The maximum absolute atomic E-state index is 13.8. The number of imide groups is 6. The van der Waals surface area contributed by atoms with E-state index in [1.807, 2.05) is 0 Å². The van der Waals surface area contributed by atoms with Gasteiger partial charge >= 0.3 is 72.7 Å². The van der Waals surface area contributed by atoms with Crippen molar-refractivity contribution < 1.29 is 124 Å². The van der Waals surface area contributed by atoms with Gasteiger partial charge in [-0.05, 0) is 173 Å². The second-order valence-electron chi connectivity index (χ2n) is 32.0. The quantitative estimate of drug-likeness (QED) is 0.0108. The molecule has 0 fully saturated rings. The smallest absolute Gasteiger partial charge is 0.417 e. The summed E-state index contributed by atoms with van der Waals surface area (Å²) in [7, 11) is 0. The predicted octanol–water partition coefficient (Wildman–Crippen LogP) is 14.7. The molecule has 6 N–H and O–H groups in total. The second kappa shape index (κ2) is 94.7. The summed E-state index contributed by atoms with van der Waals surface area (Å²) in [6.45, 7) is 2.79. The van der Waals surface area contributed by atoms with Gasteiger partial charge in [0.25, 0.3) is 6.26 Å². The van der Waals surface area contributed by atoms with Crippen LogP contribution in [0.4, 0.5) is 57.5 Å². The summed E-state index contributed by atoms with van der Waals surface area (Å²) < 4.78 is 37.9. The van der Waals surface area contributed by atoms with Crippen LogP contribution in [0.15, 0.2) is 34.9 Å². The van der Waals surface area contributed by atoms with E-state index in [9.17, 15) is 91.1 Å². The molecule has 0 heterocycles. The molecule has 46 heteroatoms. The number of aliphatic imine (C=N–C) groups is 7. The van der Waals surface area contributed by atoms with E-state index in [4.69, 9.17) is 38.4 Å². The molecule has 0 aliphatic carbocycles. The number of urea groups is 6. The van der Waals surface area contributed by atoms with E-state index in [2.05, 4.69) is 66.8 Å². The number of nitriles is 1. The molecule has 0 rings (SSSR count). The third-order valence-electron chi connectivity index (χ3n) is 20.9. The van der Waals surface area contributed by atoms with Crippen molar-refractivity contribution in [2.75, 3.05) is 171 Å². The first kappa shape index (κ1) is 125. The molecule has 774 valence electrons. The van der Waals surface area contributed by atoms with Gasteiger partial charge in [0, 0.05) is 78.5 Å². The Bertz CT molecular complexity index is 3720. The highest BCUT2D eigenvalue weighted by Gasteiger charge is 2.29. The first-order chi connectivity index (χ1) is 67.4. The van der Waals surface area contributed by atoms with Gasteiger partial charge in [0.15, 0.2) is 0 Å². The molecule has 18 amide bonds. The van der Waals surface area contributed by atoms with Crippen molar-refractivity contribution in [3.05, 3.63) is 0 Å². The Balaban J connectivity index is 6.20. The van der Waals surface area contributed by atoms with E-state index in [0.717, 1.165) is 67.9 Å². The molecule has 0 aromatic rings. The minimum absolute atomic E-state index is 0.0623. The van der Waals surface area contributed by atoms with Gasteiger partial charge < -0.3 is 65.1 Å². The number of ether oxygens (including phenoxy) is 7. The first-order valence-corrected chi connectivity index (χ1v) is 49.0. The van der Waals surface area contributed by atoms with Crippen LogP contribution in [0.1, 0.15) is 295 Å². The molecule has 0 unspecified atom stereocenters. The lowest BCUT2D eigenvalue weighted by Gasteiger charge is -2.22. The number of amides is 18. The fourth-order valence-corrected chi connectivity index (χ4v) is 13.2. The van der Waals surface area contributed by atoms with Gasteiger partial charge in [-0.1, -0.05) is 122 Å². The second-order valence-corrected chi connectivity index (χ2v) is 32.0. The molecular weight excluding hydrogens is 1800 g/mol. The maximum atomic E-state index is 13.8. The summed E-state index contributed by atoms with van der Waals surface area (Å²) in [5, 5.41) is 25.2. The van der Waals surface area contributed by atoms with E-state index >= 15 is 0 Å². The van der Waals surface area contributed by atoms with Gasteiger partial charge in [0.1, 0.15) is 6.61 Å². The Morgan fingerprint density at radius 3 is 0.478 bits per heavy atom. The van der Waals surface area contributed by atoms with Crippen LogP contribution < -0.4 is 31.9 Å². The van der Waals surface area contributed by atoms with Gasteiger partial charge in [-0.15, -0.1) is 0 Å². The summed E-state index contributed by atoms with van der Waals surface area (Å²) in [6, 6.07) is -4.14. The van der Waals surface area contributed by atoms with Crippen LogP contribution in [0.3, 0.4) is 0 Å². The minimum Gasteiger partial charge on any atom is -0.449 e. The number of hydrogen-bond donors (Lipinski definition) is 6. The lowest BCUT2D eigenvalue weighted by atomic mass is 10.2. The molecule has 0 aliphatic heterocycles. The van der Waals surface area contributed by atoms with E-state index < -0.39 is 72.7 Å². The predicted molar refractivity (Wildman–Crippen MR) is 504 cm³/mol.